The number of anilines is 2. The van der Waals surface area contributed by atoms with E-state index in [2.05, 4.69) is 5.32 Å². The Labute approximate surface area is 163 Å². The number of hydrogen-bond donors (Lipinski definition) is 1. The van der Waals surface area contributed by atoms with E-state index in [1.54, 1.807) is 7.05 Å². The van der Waals surface area contributed by atoms with Crippen LogP contribution < -0.4 is 26.2 Å². The van der Waals surface area contributed by atoms with Crippen LogP contribution in [0.2, 0.25) is 0 Å². The molecule has 0 aliphatic carbocycles. The summed E-state index contributed by atoms with van der Waals surface area (Å²) in [6, 6.07) is 8.79. The fourth-order valence-corrected chi connectivity index (χ4v) is 3.44. The van der Waals surface area contributed by atoms with Crippen molar-refractivity contribution in [1.29, 1.82) is 0 Å². The number of rotatable bonds is 5. The van der Waals surface area contributed by atoms with Gasteiger partial charge in [-0.15, -0.1) is 0 Å². The summed E-state index contributed by atoms with van der Waals surface area (Å²) in [6.45, 7) is 3.75. The topological polar surface area (TPSA) is 85.6 Å². The molecule has 28 heavy (non-hydrogen) atoms. The Morgan fingerprint density at radius 1 is 1.11 bits per heavy atom. The molecular weight excluding hydrogens is 360 g/mol. The van der Waals surface area contributed by atoms with Gasteiger partial charge >= 0.3 is 5.69 Å². The third-order valence-corrected chi connectivity index (χ3v) is 5.12. The molecule has 2 aromatic rings. The number of nitrogens with zero attached hydrogens (tertiary/aromatic N) is 3. The molecule has 0 saturated carbocycles. The Hall–Kier alpha value is -3.03. The van der Waals surface area contributed by atoms with Crippen LogP contribution in [0.3, 0.4) is 0 Å². The average Bonchev–Trinajstić information content (AvgIpc) is 2.71. The van der Waals surface area contributed by atoms with Crippen molar-refractivity contribution in [2.75, 3.05) is 29.9 Å². The molecule has 2 heterocycles. The molecule has 0 atom stereocenters. The molecule has 0 radical (unpaired) electrons. The second kappa shape index (κ2) is 8.33. The zero-order valence-corrected chi connectivity index (χ0v) is 16.5. The maximum absolute atomic E-state index is 12.6. The van der Waals surface area contributed by atoms with E-state index in [4.69, 9.17) is 4.74 Å². The van der Waals surface area contributed by atoms with Crippen LogP contribution in [0, 0.1) is 5.92 Å². The molecule has 1 aromatic heterocycles. The molecule has 1 aliphatic heterocycles. The predicted octanol–water partition coefficient (Wildman–Crippen LogP) is 1.34. The van der Waals surface area contributed by atoms with E-state index in [0.29, 0.717) is 38.4 Å². The number of carbonyl (C=O) groups excluding carboxylic acids is 1. The van der Waals surface area contributed by atoms with Gasteiger partial charge in [0, 0.05) is 44.9 Å². The van der Waals surface area contributed by atoms with Crippen molar-refractivity contribution in [2.45, 2.75) is 19.8 Å². The highest BCUT2D eigenvalue weighted by molar-refractivity contribution is 5.92. The molecule has 1 fully saturated rings. The van der Waals surface area contributed by atoms with Crippen LogP contribution in [0.4, 0.5) is 11.5 Å². The van der Waals surface area contributed by atoms with Gasteiger partial charge in [0.25, 0.3) is 5.56 Å². The van der Waals surface area contributed by atoms with Crippen LogP contribution in [0.1, 0.15) is 19.8 Å². The summed E-state index contributed by atoms with van der Waals surface area (Å²) in [6.07, 6.45) is 1.32. The van der Waals surface area contributed by atoms with Crippen molar-refractivity contribution in [1.82, 2.24) is 9.13 Å². The second-order valence-electron chi connectivity index (χ2n) is 6.95. The molecule has 0 spiro atoms. The van der Waals surface area contributed by atoms with Gasteiger partial charge in [-0.1, -0.05) is 0 Å². The molecule has 1 N–H and O–H groups in total. The smallest absolute Gasteiger partial charge is 0.332 e. The van der Waals surface area contributed by atoms with Gasteiger partial charge in [0.2, 0.25) is 5.91 Å². The number of hydrogen-bond acceptors (Lipinski definition) is 5. The van der Waals surface area contributed by atoms with Gasteiger partial charge in [-0.3, -0.25) is 18.7 Å². The maximum atomic E-state index is 12.6. The lowest BCUT2D eigenvalue weighted by Gasteiger charge is -2.33. The third-order valence-electron chi connectivity index (χ3n) is 5.12. The first-order valence-electron chi connectivity index (χ1n) is 9.46. The summed E-state index contributed by atoms with van der Waals surface area (Å²) in [7, 11) is 3.12. The molecule has 8 nitrogen and oxygen atoms in total. The minimum absolute atomic E-state index is 0.0123. The molecule has 1 aromatic carbocycles. The number of nitrogens with one attached hydrogen (secondary N) is 1. The molecule has 3 rings (SSSR count). The number of ether oxygens (including phenoxy) is 1. The lowest BCUT2D eigenvalue weighted by Crippen LogP contribution is -2.44. The summed E-state index contributed by atoms with van der Waals surface area (Å²) < 4.78 is 7.96. The Bertz CT molecular complexity index is 954. The summed E-state index contributed by atoms with van der Waals surface area (Å²) in [5, 5.41) is 2.95. The van der Waals surface area contributed by atoms with E-state index in [-0.39, 0.29) is 23.1 Å². The van der Waals surface area contributed by atoms with Crippen molar-refractivity contribution in [3.8, 4) is 5.75 Å². The summed E-state index contributed by atoms with van der Waals surface area (Å²) in [5.74, 6) is 1.25. The molecule has 1 saturated heterocycles. The summed E-state index contributed by atoms with van der Waals surface area (Å²) in [4.78, 5) is 38.6. The standard InChI is InChI=1S/C20H26N4O4/c1-4-28-16-7-5-15(6-8-16)21-19(26)14-9-11-24(12-10-14)17-13-18(25)23(3)20(27)22(17)2/h5-8,13-14H,4,9-12H2,1-3H3,(H,21,26). The van der Waals surface area contributed by atoms with Crippen molar-refractivity contribution >= 4 is 17.4 Å². The Morgan fingerprint density at radius 3 is 2.36 bits per heavy atom. The van der Waals surface area contributed by atoms with Crippen LogP contribution in [-0.2, 0) is 18.9 Å². The fourth-order valence-electron chi connectivity index (χ4n) is 3.44. The first-order chi connectivity index (χ1) is 13.4. The number of benzene rings is 1. The van der Waals surface area contributed by atoms with Crippen molar-refractivity contribution in [2.24, 2.45) is 20.0 Å². The molecule has 150 valence electrons. The van der Waals surface area contributed by atoms with Crippen molar-refractivity contribution in [3.63, 3.8) is 0 Å². The monoisotopic (exact) mass is 386 g/mol. The van der Waals surface area contributed by atoms with Gasteiger partial charge in [-0.05, 0) is 44.0 Å². The Balaban J connectivity index is 1.61. The van der Waals surface area contributed by atoms with E-state index in [1.165, 1.54) is 17.7 Å². The minimum atomic E-state index is -0.349. The van der Waals surface area contributed by atoms with E-state index >= 15 is 0 Å². The van der Waals surface area contributed by atoms with Crippen LogP contribution in [0.5, 0.6) is 5.75 Å². The lowest BCUT2D eigenvalue weighted by atomic mass is 9.95. The highest BCUT2D eigenvalue weighted by atomic mass is 16.5. The first-order valence-corrected chi connectivity index (χ1v) is 9.46. The highest BCUT2D eigenvalue weighted by Crippen LogP contribution is 2.23. The predicted molar refractivity (Wildman–Crippen MR) is 108 cm³/mol. The van der Waals surface area contributed by atoms with E-state index in [1.807, 2.05) is 36.1 Å². The van der Waals surface area contributed by atoms with Gasteiger partial charge in [0.15, 0.2) is 0 Å². The average molecular weight is 386 g/mol. The van der Waals surface area contributed by atoms with Crippen LogP contribution in [0.25, 0.3) is 0 Å². The minimum Gasteiger partial charge on any atom is -0.494 e. The molecular formula is C20H26N4O4. The van der Waals surface area contributed by atoms with Crippen molar-refractivity contribution < 1.29 is 9.53 Å². The fraction of sp³-hybridized carbons (Fsp3) is 0.450. The number of amides is 1. The zero-order chi connectivity index (χ0) is 20.3. The maximum Gasteiger partial charge on any atom is 0.332 e. The molecule has 1 aliphatic rings. The quantitative estimate of drug-likeness (QED) is 0.838. The van der Waals surface area contributed by atoms with Gasteiger partial charge in [-0.2, -0.15) is 0 Å². The van der Waals surface area contributed by atoms with Crippen molar-refractivity contribution in [3.05, 3.63) is 51.2 Å². The lowest BCUT2D eigenvalue weighted by molar-refractivity contribution is -0.120. The highest BCUT2D eigenvalue weighted by Gasteiger charge is 2.26. The first kappa shape index (κ1) is 19.7. The van der Waals surface area contributed by atoms with Crippen LogP contribution in [0.15, 0.2) is 39.9 Å². The van der Waals surface area contributed by atoms with Gasteiger partial charge < -0.3 is 15.0 Å². The molecule has 0 unspecified atom stereocenters. The van der Waals surface area contributed by atoms with Crippen LogP contribution in [-0.4, -0.2) is 34.7 Å². The molecule has 8 heteroatoms. The van der Waals surface area contributed by atoms with Gasteiger partial charge in [-0.25, -0.2) is 4.79 Å². The third kappa shape index (κ3) is 4.11. The zero-order valence-electron chi connectivity index (χ0n) is 16.5. The second-order valence-corrected chi connectivity index (χ2v) is 6.95. The summed E-state index contributed by atoms with van der Waals surface area (Å²) in [5.41, 5.74) is 0.0659. The number of aromatic nitrogens is 2. The number of piperidine rings is 1. The van der Waals surface area contributed by atoms with Gasteiger partial charge in [0.05, 0.1) is 6.61 Å². The van der Waals surface area contributed by atoms with Crippen LogP contribution >= 0.6 is 0 Å². The van der Waals surface area contributed by atoms with E-state index in [9.17, 15) is 14.4 Å². The largest absolute Gasteiger partial charge is 0.494 e. The normalized spacial score (nSPS) is 14.8. The SMILES string of the molecule is CCOc1ccc(NC(=O)C2CCN(c3cc(=O)n(C)c(=O)n3C)CC2)cc1. The Morgan fingerprint density at radius 2 is 1.75 bits per heavy atom. The molecule has 0 bridgehead atoms. The number of carbonyl (C=O) groups is 1. The Kier molecular flexibility index (Phi) is 5.87. The molecule has 1 amide bonds. The van der Waals surface area contributed by atoms with Gasteiger partial charge in [0.1, 0.15) is 11.6 Å². The summed E-state index contributed by atoms with van der Waals surface area (Å²) >= 11 is 0. The van der Waals surface area contributed by atoms with E-state index < -0.39 is 0 Å². The van der Waals surface area contributed by atoms with E-state index in [0.717, 1.165) is 16.0 Å².